The van der Waals surface area contributed by atoms with Crippen LogP contribution in [0.5, 0.6) is 0 Å². The predicted octanol–water partition coefficient (Wildman–Crippen LogP) is 2.78. The van der Waals surface area contributed by atoms with Gasteiger partial charge in [0.2, 0.25) is 0 Å². The van der Waals surface area contributed by atoms with Crippen LogP contribution in [0.3, 0.4) is 0 Å². The molecule has 18 heavy (non-hydrogen) atoms. The number of rotatable bonds is 5. The fraction of sp³-hybridized carbons (Fsp3) is 1.00. The molecule has 0 aromatic carbocycles. The van der Waals surface area contributed by atoms with Crippen LogP contribution in [0.25, 0.3) is 0 Å². The van der Waals surface area contributed by atoms with Crippen molar-refractivity contribution in [3.63, 3.8) is 0 Å². The number of sulfone groups is 1. The van der Waals surface area contributed by atoms with Crippen molar-refractivity contribution in [2.45, 2.75) is 65.4 Å². The number of hydrogen-bond acceptors (Lipinski definition) is 3. The standard InChI is InChI=1S/C14H28O3S/c1-5-18(16,17)10-6-7-14(15)9-8-13(3,4)11-12(14)2/h12,15H,5-11H2,1-4H3. The Labute approximate surface area is 112 Å². The van der Waals surface area contributed by atoms with E-state index in [2.05, 4.69) is 20.8 Å². The van der Waals surface area contributed by atoms with Crippen molar-refractivity contribution in [2.24, 2.45) is 11.3 Å². The van der Waals surface area contributed by atoms with Crippen LogP contribution < -0.4 is 0 Å². The molecular formula is C14H28O3S. The molecule has 0 spiro atoms. The molecule has 3 nitrogen and oxygen atoms in total. The average molecular weight is 276 g/mol. The summed E-state index contributed by atoms with van der Waals surface area (Å²) in [4.78, 5) is 0. The predicted molar refractivity (Wildman–Crippen MR) is 75.3 cm³/mol. The van der Waals surface area contributed by atoms with Crippen LogP contribution in [0, 0.1) is 11.3 Å². The first-order valence-electron chi connectivity index (χ1n) is 7.03. The molecule has 1 saturated carbocycles. The Morgan fingerprint density at radius 1 is 1.28 bits per heavy atom. The Morgan fingerprint density at radius 3 is 2.39 bits per heavy atom. The molecule has 4 heteroatoms. The molecule has 0 aliphatic heterocycles. The molecule has 0 radical (unpaired) electrons. The lowest BCUT2D eigenvalue weighted by molar-refractivity contribution is -0.0768. The van der Waals surface area contributed by atoms with E-state index in [-0.39, 0.29) is 17.4 Å². The van der Waals surface area contributed by atoms with Gasteiger partial charge in [-0.2, -0.15) is 0 Å². The number of hydrogen-bond donors (Lipinski definition) is 1. The first kappa shape index (κ1) is 16.0. The minimum Gasteiger partial charge on any atom is -0.390 e. The minimum atomic E-state index is -2.90. The van der Waals surface area contributed by atoms with Crippen molar-refractivity contribution in [2.75, 3.05) is 11.5 Å². The Kier molecular flexibility index (Phi) is 4.87. The molecule has 1 aliphatic carbocycles. The summed E-state index contributed by atoms with van der Waals surface area (Å²) in [7, 11) is -2.90. The van der Waals surface area contributed by atoms with Crippen LogP contribution in [-0.4, -0.2) is 30.6 Å². The largest absolute Gasteiger partial charge is 0.390 e. The minimum absolute atomic E-state index is 0.202. The third-order valence-electron chi connectivity index (χ3n) is 4.52. The maximum atomic E-state index is 11.4. The highest BCUT2D eigenvalue weighted by molar-refractivity contribution is 7.91. The molecule has 2 unspecified atom stereocenters. The highest BCUT2D eigenvalue weighted by Crippen LogP contribution is 2.45. The van der Waals surface area contributed by atoms with Crippen LogP contribution in [0.4, 0.5) is 0 Å². The molecule has 0 heterocycles. The fourth-order valence-electron chi connectivity index (χ4n) is 3.04. The Balaban J connectivity index is 2.51. The lowest BCUT2D eigenvalue weighted by Gasteiger charge is -2.45. The zero-order valence-electron chi connectivity index (χ0n) is 12.2. The second-order valence-electron chi connectivity index (χ2n) is 6.71. The van der Waals surface area contributed by atoms with Gasteiger partial charge in [-0.25, -0.2) is 8.42 Å². The van der Waals surface area contributed by atoms with Gasteiger partial charge in [0, 0.05) is 5.75 Å². The van der Waals surface area contributed by atoms with Gasteiger partial charge in [0.05, 0.1) is 11.4 Å². The third kappa shape index (κ3) is 4.23. The average Bonchev–Trinajstić information content (AvgIpc) is 2.24. The summed E-state index contributed by atoms with van der Waals surface area (Å²) in [6, 6.07) is 0. The summed E-state index contributed by atoms with van der Waals surface area (Å²) in [5, 5.41) is 10.6. The van der Waals surface area contributed by atoms with Gasteiger partial charge < -0.3 is 5.11 Å². The Bertz CT molecular complexity index is 373. The summed E-state index contributed by atoms with van der Waals surface area (Å²) in [6.07, 6.45) is 4.03. The Hall–Kier alpha value is -0.0900. The van der Waals surface area contributed by atoms with Crippen molar-refractivity contribution in [1.82, 2.24) is 0 Å². The highest BCUT2D eigenvalue weighted by Gasteiger charge is 2.41. The summed E-state index contributed by atoms with van der Waals surface area (Å²) in [6.45, 7) is 8.25. The van der Waals surface area contributed by atoms with E-state index in [1.807, 2.05) is 0 Å². The van der Waals surface area contributed by atoms with Gasteiger partial charge in [0.25, 0.3) is 0 Å². The van der Waals surface area contributed by atoms with Gasteiger partial charge in [-0.1, -0.05) is 27.7 Å². The van der Waals surface area contributed by atoms with Gasteiger partial charge in [0.1, 0.15) is 9.84 Å². The molecule has 2 atom stereocenters. The topological polar surface area (TPSA) is 54.4 Å². The lowest BCUT2D eigenvalue weighted by atomic mass is 9.64. The molecule has 1 N–H and O–H groups in total. The van der Waals surface area contributed by atoms with E-state index < -0.39 is 15.4 Å². The fourth-order valence-corrected chi connectivity index (χ4v) is 3.91. The first-order chi connectivity index (χ1) is 8.10. The summed E-state index contributed by atoms with van der Waals surface area (Å²) in [5.41, 5.74) is -0.347. The quantitative estimate of drug-likeness (QED) is 0.840. The van der Waals surface area contributed by atoms with Gasteiger partial charge >= 0.3 is 0 Å². The van der Waals surface area contributed by atoms with E-state index >= 15 is 0 Å². The normalized spacial score (nSPS) is 32.4. The van der Waals surface area contributed by atoms with Crippen molar-refractivity contribution in [3.8, 4) is 0 Å². The molecule has 1 aliphatic rings. The maximum Gasteiger partial charge on any atom is 0.150 e. The summed E-state index contributed by atoms with van der Waals surface area (Å²) < 4.78 is 22.9. The van der Waals surface area contributed by atoms with E-state index in [9.17, 15) is 13.5 Å². The highest BCUT2D eigenvalue weighted by atomic mass is 32.2. The van der Waals surface area contributed by atoms with Gasteiger partial charge in [0.15, 0.2) is 0 Å². The van der Waals surface area contributed by atoms with Crippen LogP contribution in [0.15, 0.2) is 0 Å². The van der Waals surface area contributed by atoms with E-state index in [0.717, 1.165) is 19.3 Å². The molecule has 0 bridgehead atoms. The first-order valence-corrected chi connectivity index (χ1v) is 8.85. The molecule has 108 valence electrons. The zero-order valence-corrected chi connectivity index (χ0v) is 13.0. The van der Waals surface area contributed by atoms with Crippen LogP contribution in [0.2, 0.25) is 0 Å². The van der Waals surface area contributed by atoms with Crippen molar-refractivity contribution in [1.29, 1.82) is 0 Å². The molecule has 0 saturated heterocycles. The SMILES string of the molecule is CCS(=O)(=O)CCCC1(O)CCC(C)(C)CC1C. The molecule has 1 rings (SSSR count). The monoisotopic (exact) mass is 276 g/mol. The molecule has 0 amide bonds. The van der Waals surface area contributed by atoms with Gasteiger partial charge in [-0.05, 0) is 43.4 Å². The molecule has 0 aromatic rings. The van der Waals surface area contributed by atoms with Gasteiger partial charge in [-0.15, -0.1) is 0 Å². The zero-order chi connectivity index (χ0) is 14.0. The molecule has 0 aromatic heterocycles. The summed E-state index contributed by atoms with van der Waals surface area (Å²) >= 11 is 0. The smallest absolute Gasteiger partial charge is 0.150 e. The van der Waals surface area contributed by atoms with Crippen molar-refractivity contribution < 1.29 is 13.5 Å². The van der Waals surface area contributed by atoms with Crippen molar-refractivity contribution in [3.05, 3.63) is 0 Å². The van der Waals surface area contributed by atoms with Crippen LogP contribution in [-0.2, 0) is 9.84 Å². The molecular weight excluding hydrogens is 248 g/mol. The second kappa shape index (κ2) is 5.49. The maximum absolute atomic E-state index is 11.4. The van der Waals surface area contributed by atoms with Crippen molar-refractivity contribution >= 4 is 9.84 Å². The van der Waals surface area contributed by atoms with E-state index in [4.69, 9.17) is 0 Å². The second-order valence-corrected chi connectivity index (χ2v) is 9.19. The summed E-state index contributed by atoms with van der Waals surface area (Å²) in [5.74, 6) is 0.668. The Morgan fingerprint density at radius 2 is 1.89 bits per heavy atom. The van der Waals surface area contributed by atoms with Gasteiger partial charge in [-0.3, -0.25) is 0 Å². The van der Waals surface area contributed by atoms with Crippen LogP contribution >= 0.6 is 0 Å². The van der Waals surface area contributed by atoms with E-state index in [1.54, 1.807) is 6.92 Å². The number of aliphatic hydroxyl groups is 1. The third-order valence-corrected chi connectivity index (χ3v) is 6.31. The van der Waals surface area contributed by atoms with E-state index in [0.29, 0.717) is 18.3 Å². The molecule has 1 fully saturated rings. The lowest BCUT2D eigenvalue weighted by Crippen LogP contribution is -2.44. The van der Waals surface area contributed by atoms with Crippen LogP contribution in [0.1, 0.15) is 59.8 Å². The van der Waals surface area contributed by atoms with E-state index in [1.165, 1.54) is 0 Å².